The number of carbonyl (C=O) groups excluding carboxylic acids is 1. The van der Waals surface area contributed by atoms with Crippen molar-refractivity contribution in [3.05, 3.63) is 78.4 Å². The zero-order chi connectivity index (χ0) is 20.0. The molecular weight excluding hydrogens is 374 g/mol. The molecular formula is C21H25N3O3S. The molecule has 1 fully saturated rings. The molecule has 28 heavy (non-hydrogen) atoms. The summed E-state index contributed by atoms with van der Waals surface area (Å²) >= 11 is 0. The van der Waals surface area contributed by atoms with Crippen molar-refractivity contribution < 1.29 is 13.2 Å². The fraction of sp³-hybridized carbons (Fsp3) is 0.286. The molecule has 7 heteroatoms. The van der Waals surface area contributed by atoms with Crippen molar-refractivity contribution in [1.29, 1.82) is 0 Å². The Morgan fingerprint density at radius 1 is 1.00 bits per heavy atom. The summed E-state index contributed by atoms with van der Waals surface area (Å²) in [5.41, 5.74) is 1.71. The van der Waals surface area contributed by atoms with Crippen LogP contribution in [0.5, 0.6) is 0 Å². The molecule has 0 bridgehead atoms. The predicted molar refractivity (Wildman–Crippen MR) is 109 cm³/mol. The van der Waals surface area contributed by atoms with Crippen molar-refractivity contribution in [1.82, 2.24) is 14.5 Å². The second kappa shape index (κ2) is 9.14. The molecule has 6 nitrogen and oxygen atoms in total. The van der Waals surface area contributed by atoms with Gasteiger partial charge >= 0.3 is 0 Å². The summed E-state index contributed by atoms with van der Waals surface area (Å²) in [6.45, 7) is 7.04. The van der Waals surface area contributed by atoms with Crippen LogP contribution in [-0.4, -0.2) is 56.3 Å². The lowest BCUT2D eigenvalue weighted by molar-refractivity contribution is 0.0958. The third kappa shape index (κ3) is 4.86. The Labute approximate surface area is 166 Å². The first-order chi connectivity index (χ1) is 13.5. The molecule has 1 N–H and O–H groups in total. The SMILES string of the molecule is C=CCNC(=O)c1ccc(CN2CCN(S(=O)(=O)c3ccccc3)CC2)cc1. The smallest absolute Gasteiger partial charge is 0.251 e. The van der Waals surface area contributed by atoms with Crippen LogP contribution in [0.15, 0.2) is 72.1 Å². The van der Waals surface area contributed by atoms with E-state index in [-0.39, 0.29) is 5.91 Å². The molecule has 0 aromatic heterocycles. The van der Waals surface area contributed by atoms with Crippen LogP contribution in [0.3, 0.4) is 0 Å². The Balaban J connectivity index is 1.54. The molecule has 1 aliphatic rings. The summed E-state index contributed by atoms with van der Waals surface area (Å²) in [4.78, 5) is 14.5. The third-order valence-electron chi connectivity index (χ3n) is 4.74. The summed E-state index contributed by atoms with van der Waals surface area (Å²) in [6.07, 6.45) is 1.64. The van der Waals surface area contributed by atoms with Gasteiger partial charge in [-0.1, -0.05) is 36.4 Å². The van der Waals surface area contributed by atoms with Gasteiger partial charge in [-0.25, -0.2) is 8.42 Å². The van der Waals surface area contributed by atoms with Gasteiger partial charge in [0.05, 0.1) is 4.90 Å². The van der Waals surface area contributed by atoms with Gasteiger partial charge in [-0.3, -0.25) is 9.69 Å². The molecule has 0 unspecified atom stereocenters. The standard InChI is InChI=1S/C21H25N3O3S/c1-2-12-22-21(25)19-10-8-18(9-11-19)17-23-13-15-24(16-14-23)28(26,27)20-6-4-3-5-7-20/h2-11H,1,12-17H2,(H,22,25). The normalized spacial score (nSPS) is 15.9. The highest BCUT2D eigenvalue weighted by atomic mass is 32.2. The molecule has 2 aromatic carbocycles. The van der Waals surface area contributed by atoms with Crippen molar-refractivity contribution in [2.45, 2.75) is 11.4 Å². The molecule has 1 aliphatic heterocycles. The van der Waals surface area contributed by atoms with E-state index in [0.717, 1.165) is 12.1 Å². The molecule has 0 atom stereocenters. The number of hydrogen-bond donors (Lipinski definition) is 1. The molecule has 0 saturated carbocycles. The molecule has 1 heterocycles. The summed E-state index contributed by atoms with van der Waals surface area (Å²) in [7, 11) is -3.43. The maximum Gasteiger partial charge on any atom is 0.251 e. The number of hydrogen-bond acceptors (Lipinski definition) is 4. The van der Waals surface area contributed by atoms with Gasteiger partial charge in [0.25, 0.3) is 5.91 Å². The summed E-state index contributed by atoms with van der Waals surface area (Å²) in [5, 5.41) is 2.75. The first kappa shape index (κ1) is 20.3. The quantitative estimate of drug-likeness (QED) is 0.724. The Hall–Kier alpha value is -2.48. The van der Waals surface area contributed by atoms with E-state index in [9.17, 15) is 13.2 Å². The van der Waals surface area contributed by atoms with E-state index in [0.29, 0.717) is 43.2 Å². The van der Waals surface area contributed by atoms with Crippen LogP contribution in [-0.2, 0) is 16.6 Å². The minimum absolute atomic E-state index is 0.119. The number of rotatable bonds is 7. The van der Waals surface area contributed by atoms with Crippen LogP contribution in [0.1, 0.15) is 15.9 Å². The largest absolute Gasteiger partial charge is 0.349 e. The van der Waals surface area contributed by atoms with Gasteiger partial charge in [-0.15, -0.1) is 6.58 Å². The number of amides is 1. The molecule has 0 aliphatic carbocycles. The van der Waals surface area contributed by atoms with Gasteiger partial charge < -0.3 is 5.32 Å². The minimum Gasteiger partial charge on any atom is -0.349 e. The van der Waals surface area contributed by atoms with Crippen molar-refractivity contribution in [3.8, 4) is 0 Å². The summed E-state index contributed by atoms with van der Waals surface area (Å²) in [6, 6.07) is 16.1. The summed E-state index contributed by atoms with van der Waals surface area (Å²) < 4.78 is 26.9. The first-order valence-corrected chi connectivity index (χ1v) is 10.7. The Bertz CT molecular complexity index is 904. The summed E-state index contributed by atoms with van der Waals surface area (Å²) in [5.74, 6) is -0.119. The maximum atomic E-state index is 12.7. The van der Waals surface area contributed by atoms with E-state index in [1.165, 1.54) is 0 Å². The van der Waals surface area contributed by atoms with Crippen LogP contribution >= 0.6 is 0 Å². The van der Waals surface area contributed by atoms with Crippen LogP contribution in [0, 0.1) is 0 Å². The molecule has 1 saturated heterocycles. The van der Waals surface area contributed by atoms with Gasteiger partial charge in [-0.05, 0) is 29.8 Å². The fourth-order valence-electron chi connectivity index (χ4n) is 3.16. The molecule has 3 rings (SSSR count). The molecule has 2 aromatic rings. The van der Waals surface area contributed by atoms with Crippen molar-refractivity contribution in [3.63, 3.8) is 0 Å². The Morgan fingerprint density at radius 2 is 1.64 bits per heavy atom. The van der Waals surface area contributed by atoms with Crippen LogP contribution < -0.4 is 5.32 Å². The maximum absolute atomic E-state index is 12.7. The van der Waals surface area contributed by atoms with E-state index >= 15 is 0 Å². The zero-order valence-corrected chi connectivity index (χ0v) is 16.6. The van der Waals surface area contributed by atoms with E-state index in [2.05, 4.69) is 16.8 Å². The van der Waals surface area contributed by atoms with E-state index in [1.807, 2.05) is 30.3 Å². The van der Waals surface area contributed by atoms with Gasteiger partial charge in [0.1, 0.15) is 0 Å². The highest BCUT2D eigenvalue weighted by Crippen LogP contribution is 2.18. The van der Waals surface area contributed by atoms with Crippen LogP contribution in [0.25, 0.3) is 0 Å². The number of benzene rings is 2. The molecule has 0 radical (unpaired) electrons. The van der Waals surface area contributed by atoms with Crippen molar-refractivity contribution >= 4 is 15.9 Å². The van der Waals surface area contributed by atoms with Gasteiger partial charge in [0.2, 0.25) is 10.0 Å². The Morgan fingerprint density at radius 3 is 2.25 bits per heavy atom. The monoisotopic (exact) mass is 399 g/mol. The number of sulfonamides is 1. The highest BCUT2D eigenvalue weighted by Gasteiger charge is 2.28. The highest BCUT2D eigenvalue weighted by molar-refractivity contribution is 7.89. The van der Waals surface area contributed by atoms with E-state index in [4.69, 9.17) is 0 Å². The van der Waals surface area contributed by atoms with Gasteiger partial charge in [0.15, 0.2) is 0 Å². The number of piperazine rings is 1. The lowest BCUT2D eigenvalue weighted by Crippen LogP contribution is -2.48. The average molecular weight is 400 g/mol. The second-order valence-electron chi connectivity index (χ2n) is 6.69. The third-order valence-corrected chi connectivity index (χ3v) is 6.65. The van der Waals surface area contributed by atoms with Gasteiger partial charge in [-0.2, -0.15) is 4.31 Å². The average Bonchev–Trinajstić information content (AvgIpc) is 2.73. The number of nitrogens with one attached hydrogen (secondary N) is 1. The number of nitrogens with zero attached hydrogens (tertiary/aromatic N) is 2. The zero-order valence-electron chi connectivity index (χ0n) is 15.8. The first-order valence-electron chi connectivity index (χ1n) is 9.26. The fourth-order valence-corrected chi connectivity index (χ4v) is 4.60. The Kier molecular flexibility index (Phi) is 6.61. The van der Waals surface area contributed by atoms with Gasteiger partial charge in [0, 0.05) is 44.8 Å². The molecule has 1 amide bonds. The van der Waals surface area contributed by atoms with E-state index < -0.39 is 10.0 Å². The van der Waals surface area contributed by atoms with Crippen LogP contribution in [0.2, 0.25) is 0 Å². The number of carbonyl (C=O) groups is 1. The lowest BCUT2D eigenvalue weighted by Gasteiger charge is -2.34. The van der Waals surface area contributed by atoms with Crippen molar-refractivity contribution in [2.24, 2.45) is 0 Å². The topological polar surface area (TPSA) is 69.7 Å². The molecule has 0 spiro atoms. The van der Waals surface area contributed by atoms with Crippen molar-refractivity contribution in [2.75, 3.05) is 32.7 Å². The lowest BCUT2D eigenvalue weighted by atomic mass is 10.1. The van der Waals surface area contributed by atoms with Crippen LogP contribution in [0.4, 0.5) is 0 Å². The second-order valence-corrected chi connectivity index (χ2v) is 8.63. The predicted octanol–water partition coefficient (Wildman–Crippen LogP) is 2.11. The molecule has 148 valence electrons. The minimum atomic E-state index is -3.43. The van der Waals surface area contributed by atoms with E-state index in [1.54, 1.807) is 34.6 Å².